The van der Waals surface area contributed by atoms with E-state index in [1.54, 1.807) is 6.07 Å². The Morgan fingerprint density at radius 3 is 2.64 bits per heavy atom. The second-order valence-corrected chi connectivity index (χ2v) is 5.42. The predicted octanol–water partition coefficient (Wildman–Crippen LogP) is 3.60. The van der Waals surface area contributed by atoms with Crippen molar-refractivity contribution >= 4 is 17.3 Å². The SMILES string of the molecule is Cc1cc(N)ccc1NC(=O)CCOc1cccc(C)c1C. The standard InChI is InChI=1S/C18H22N2O2/c1-12-5-4-6-17(14(12)3)22-10-9-18(21)20-16-8-7-15(19)11-13(16)2/h4-8,11H,9-10,19H2,1-3H3,(H,20,21). The fourth-order valence-electron chi connectivity index (χ4n) is 2.17. The van der Waals surface area contributed by atoms with Gasteiger partial charge in [0.15, 0.2) is 0 Å². The molecule has 22 heavy (non-hydrogen) atoms. The van der Waals surface area contributed by atoms with E-state index < -0.39 is 0 Å². The molecule has 0 heterocycles. The molecule has 2 aromatic carbocycles. The van der Waals surface area contributed by atoms with E-state index >= 15 is 0 Å². The lowest BCUT2D eigenvalue weighted by Crippen LogP contribution is -2.16. The zero-order valence-corrected chi connectivity index (χ0v) is 13.3. The van der Waals surface area contributed by atoms with Crippen LogP contribution < -0.4 is 15.8 Å². The number of anilines is 2. The summed E-state index contributed by atoms with van der Waals surface area (Å²) in [6.07, 6.45) is 0.303. The Bertz CT molecular complexity index is 681. The third-order valence-electron chi connectivity index (χ3n) is 3.67. The molecule has 0 atom stereocenters. The fraction of sp³-hybridized carbons (Fsp3) is 0.278. The number of nitrogens with one attached hydrogen (secondary N) is 1. The van der Waals surface area contributed by atoms with Gasteiger partial charge >= 0.3 is 0 Å². The summed E-state index contributed by atoms with van der Waals surface area (Å²) >= 11 is 0. The number of hydrogen-bond donors (Lipinski definition) is 2. The summed E-state index contributed by atoms with van der Waals surface area (Å²) in [6, 6.07) is 11.3. The van der Waals surface area contributed by atoms with Gasteiger partial charge in [0.25, 0.3) is 0 Å². The molecule has 0 aliphatic rings. The van der Waals surface area contributed by atoms with Crippen molar-refractivity contribution < 1.29 is 9.53 Å². The van der Waals surface area contributed by atoms with Crippen molar-refractivity contribution in [2.75, 3.05) is 17.7 Å². The molecule has 0 saturated heterocycles. The maximum absolute atomic E-state index is 12.0. The molecule has 0 fully saturated rings. The molecule has 4 heteroatoms. The van der Waals surface area contributed by atoms with E-state index in [9.17, 15) is 4.79 Å². The van der Waals surface area contributed by atoms with Gasteiger partial charge in [-0.25, -0.2) is 0 Å². The number of nitrogen functional groups attached to an aromatic ring is 1. The van der Waals surface area contributed by atoms with E-state index in [1.807, 2.05) is 51.1 Å². The second-order valence-electron chi connectivity index (χ2n) is 5.42. The van der Waals surface area contributed by atoms with Gasteiger partial charge in [-0.1, -0.05) is 12.1 Å². The van der Waals surface area contributed by atoms with E-state index in [-0.39, 0.29) is 5.91 Å². The summed E-state index contributed by atoms with van der Waals surface area (Å²) in [5.41, 5.74) is 10.4. The molecule has 1 amide bonds. The highest BCUT2D eigenvalue weighted by Gasteiger charge is 2.07. The van der Waals surface area contributed by atoms with Crippen LogP contribution in [0, 0.1) is 20.8 Å². The third-order valence-corrected chi connectivity index (χ3v) is 3.67. The van der Waals surface area contributed by atoms with Gasteiger partial charge in [-0.15, -0.1) is 0 Å². The van der Waals surface area contributed by atoms with Gasteiger partial charge in [0, 0.05) is 11.4 Å². The molecule has 0 aliphatic carbocycles. The molecular weight excluding hydrogens is 276 g/mol. The van der Waals surface area contributed by atoms with Gasteiger partial charge in [0.05, 0.1) is 13.0 Å². The Hall–Kier alpha value is -2.49. The topological polar surface area (TPSA) is 64.3 Å². The number of amides is 1. The minimum absolute atomic E-state index is 0.0711. The molecule has 0 bridgehead atoms. The number of hydrogen-bond acceptors (Lipinski definition) is 3. The van der Waals surface area contributed by atoms with Crippen LogP contribution in [-0.2, 0) is 4.79 Å². The van der Waals surface area contributed by atoms with Gasteiger partial charge in [0.2, 0.25) is 5.91 Å². The van der Waals surface area contributed by atoms with Gasteiger partial charge in [-0.3, -0.25) is 4.79 Å². The molecule has 2 rings (SSSR count). The lowest BCUT2D eigenvalue weighted by molar-refractivity contribution is -0.116. The highest BCUT2D eigenvalue weighted by atomic mass is 16.5. The minimum Gasteiger partial charge on any atom is -0.493 e. The number of nitrogens with two attached hydrogens (primary N) is 1. The first-order valence-electron chi connectivity index (χ1n) is 7.32. The molecule has 116 valence electrons. The van der Waals surface area contributed by atoms with E-state index in [4.69, 9.17) is 10.5 Å². The number of rotatable bonds is 5. The molecule has 2 aromatic rings. The van der Waals surface area contributed by atoms with Crippen molar-refractivity contribution in [1.82, 2.24) is 0 Å². The molecule has 0 aliphatic heterocycles. The van der Waals surface area contributed by atoms with Crippen molar-refractivity contribution in [3.63, 3.8) is 0 Å². The zero-order valence-electron chi connectivity index (χ0n) is 13.3. The highest BCUT2D eigenvalue weighted by Crippen LogP contribution is 2.21. The van der Waals surface area contributed by atoms with Crippen LogP contribution in [0.3, 0.4) is 0 Å². The van der Waals surface area contributed by atoms with Crippen LogP contribution in [0.15, 0.2) is 36.4 Å². The molecule has 0 aromatic heterocycles. The van der Waals surface area contributed by atoms with Crippen molar-refractivity contribution in [2.24, 2.45) is 0 Å². The summed E-state index contributed by atoms with van der Waals surface area (Å²) in [7, 11) is 0. The first-order valence-corrected chi connectivity index (χ1v) is 7.32. The second kappa shape index (κ2) is 6.98. The lowest BCUT2D eigenvalue weighted by Gasteiger charge is -2.12. The van der Waals surface area contributed by atoms with E-state index in [2.05, 4.69) is 5.32 Å². The molecule has 0 unspecified atom stereocenters. The van der Waals surface area contributed by atoms with Gasteiger partial charge in [0.1, 0.15) is 5.75 Å². The zero-order chi connectivity index (χ0) is 16.1. The number of carbonyl (C=O) groups is 1. The summed E-state index contributed by atoms with van der Waals surface area (Å²) in [4.78, 5) is 12.0. The number of ether oxygens (including phenoxy) is 1. The Morgan fingerprint density at radius 2 is 1.91 bits per heavy atom. The normalized spacial score (nSPS) is 10.3. The fourth-order valence-corrected chi connectivity index (χ4v) is 2.17. The van der Waals surface area contributed by atoms with Crippen molar-refractivity contribution in [3.8, 4) is 5.75 Å². The number of aryl methyl sites for hydroxylation is 2. The largest absolute Gasteiger partial charge is 0.493 e. The summed E-state index contributed by atoms with van der Waals surface area (Å²) < 4.78 is 5.69. The van der Waals surface area contributed by atoms with Crippen LogP contribution in [0.2, 0.25) is 0 Å². The van der Waals surface area contributed by atoms with Crippen LogP contribution in [0.25, 0.3) is 0 Å². The number of benzene rings is 2. The Morgan fingerprint density at radius 1 is 1.14 bits per heavy atom. The van der Waals surface area contributed by atoms with E-state index in [1.165, 1.54) is 5.56 Å². The molecule has 0 spiro atoms. The molecule has 0 radical (unpaired) electrons. The Kier molecular flexibility index (Phi) is 5.04. The first-order chi connectivity index (χ1) is 10.5. The Balaban J connectivity index is 1.87. The van der Waals surface area contributed by atoms with Crippen LogP contribution >= 0.6 is 0 Å². The van der Waals surface area contributed by atoms with E-state index in [0.717, 1.165) is 22.6 Å². The van der Waals surface area contributed by atoms with Crippen molar-refractivity contribution in [2.45, 2.75) is 27.2 Å². The van der Waals surface area contributed by atoms with Crippen LogP contribution in [0.4, 0.5) is 11.4 Å². The predicted molar refractivity (Wildman–Crippen MR) is 90.2 cm³/mol. The summed E-state index contributed by atoms with van der Waals surface area (Å²) in [5.74, 6) is 0.759. The molecule has 4 nitrogen and oxygen atoms in total. The molecule has 3 N–H and O–H groups in total. The number of carbonyl (C=O) groups excluding carboxylic acids is 1. The van der Waals surface area contributed by atoms with Crippen LogP contribution in [-0.4, -0.2) is 12.5 Å². The van der Waals surface area contributed by atoms with Gasteiger partial charge in [-0.05, 0) is 61.7 Å². The van der Waals surface area contributed by atoms with Crippen LogP contribution in [0.1, 0.15) is 23.1 Å². The lowest BCUT2D eigenvalue weighted by atomic mass is 10.1. The van der Waals surface area contributed by atoms with Crippen LogP contribution in [0.5, 0.6) is 5.75 Å². The van der Waals surface area contributed by atoms with E-state index in [0.29, 0.717) is 18.7 Å². The summed E-state index contributed by atoms with van der Waals surface area (Å²) in [5, 5.41) is 2.88. The Labute approximate surface area is 131 Å². The van der Waals surface area contributed by atoms with Gasteiger partial charge in [-0.2, -0.15) is 0 Å². The molecular formula is C18H22N2O2. The molecule has 0 saturated carbocycles. The smallest absolute Gasteiger partial charge is 0.227 e. The highest BCUT2D eigenvalue weighted by molar-refractivity contribution is 5.91. The monoisotopic (exact) mass is 298 g/mol. The average Bonchev–Trinajstić information content (AvgIpc) is 2.46. The third kappa shape index (κ3) is 4.01. The first kappa shape index (κ1) is 15.9. The van der Waals surface area contributed by atoms with Crippen molar-refractivity contribution in [3.05, 3.63) is 53.1 Å². The maximum Gasteiger partial charge on any atom is 0.227 e. The summed E-state index contributed by atoms with van der Waals surface area (Å²) in [6.45, 7) is 6.32. The quantitative estimate of drug-likeness (QED) is 0.829. The van der Waals surface area contributed by atoms with Gasteiger partial charge < -0.3 is 15.8 Å². The average molecular weight is 298 g/mol. The maximum atomic E-state index is 12.0. The minimum atomic E-state index is -0.0711. The van der Waals surface area contributed by atoms with Crippen molar-refractivity contribution in [1.29, 1.82) is 0 Å².